The third-order valence-electron chi connectivity index (χ3n) is 7.92. The Kier molecular flexibility index (Phi) is 3.64. The molecule has 0 spiro atoms. The molecule has 0 amide bonds. The molecule has 0 radical (unpaired) electrons. The van der Waals surface area contributed by atoms with Crippen molar-refractivity contribution < 1.29 is 24.9 Å². The first kappa shape index (κ1) is 17.7. The fraction of sp³-hybridized carbons (Fsp3) is 0.850. The van der Waals surface area contributed by atoms with Gasteiger partial charge in [0.05, 0.1) is 12.7 Å². The van der Waals surface area contributed by atoms with Crippen LogP contribution in [-0.4, -0.2) is 51.6 Å². The van der Waals surface area contributed by atoms with Gasteiger partial charge >= 0.3 is 0 Å². The summed E-state index contributed by atoms with van der Waals surface area (Å²) in [4.78, 5) is 13.1. The lowest BCUT2D eigenvalue weighted by Gasteiger charge is -2.44. The molecule has 140 valence electrons. The third-order valence-corrected chi connectivity index (χ3v) is 7.92. The number of Topliss-reactive ketones (excluding diaryl/α,β-unsaturated/α-hetero) is 1. The summed E-state index contributed by atoms with van der Waals surface area (Å²) in [5.41, 5.74) is -0.844. The van der Waals surface area contributed by atoms with E-state index in [0.29, 0.717) is 12.8 Å². The maximum Gasteiger partial charge on any atom is 0.196 e. The van der Waals surface area contributed by atoms with E-state index in [1.807, 2.05) is 20.8 Å². The number of carbonyl (C=O) groups is 1. The van der Waals surface area contributed by atoms with Crippen LogP contribution >= 0.6 is 0 Å². The van der Waals surface area contributed by atoms with Crippen LogP contribution in [0, 0.1) is 22.7 Å². The Balaban J connectivity index is 1.93. The highest BCUT2D eigenvalue weighted by atomic mass is 16.5. The third kappa shape index (κ3) is 1.90. The van der Waals surface area contributed by atoms with Crippen molar-refractivity contribution in [1.82, 2.24) is 0 Å². The Hall–Kier alpha value is -0.750. The van der Waals surface area contributed by atoms with Crippen LogP contribution in [0.2, 0.25) is 0 Å². The van der Waals surface area contributed by atoms with Gasteiger partial charge in [0.1, 0.15) is 12.2 Å². The molecule has 4 aliphatic rings. The second-order valence-electron chi connectivity index (χ2n) is 9.51. The van der Waals surface area contributed by atoms with Crippen molar-refractivity contribution in [2.45, 2.75) is 77.3 Å². The second kappa shape index (κ2) is 5.16. The molecular weight excluding hydrogens is 320 g/mol. The molecule has 25 heavy (non-hydrogen) atoms. The minimum atomic E-state index is -1.73. The quantitative estimate of drug-likeness (QED) is 0.625. The number of ketones is 1. The molecule has 1 heterocycles. The van der Waals surface area contributed by atoms with Crippen LogP contribution in [0.5, 0.6) is 0 Å². The molecule has 3 aliphatic carbocycles. The van der Waals surface area contributed by atoms with Gasteiger partial charge in [0.25, 0.3) is 0 Å². The Labute approximate surface area is 149 Å². The average molecular weight is 350 g/mol. The highest BCUT2D eigenvalue weighted by molar-refractivity contribution is 5.96. The highest BCUT2D eigenvalue weighted by Crippen LogP contribution is 2.64. The summed E-state index contributed by atoms with van der Waals surface area (Å²) in [7, 11) is 0. The standard InChI is InChI=1S/C20H30O5/c1-10(2)13-15(22)16(23)20(24)17-14-11(9-25-17)12(21)5-6-18(14,3)7-8-19(13,20)4/h10,12-13,15,17,21-22,24H,5-9H2,1-4H3/t12-,13-,15+,17-,18-,19+,20+/m0/s1. The molecule has 4 rings (SSSR count). The molecule has 0 aromatic carbocycles. The Morgan fingerprint density at radius 1 is 1.16 bits per heavy atom. The molecule has 0 aromatic heterocycles. The molecule has 5 nitrogen and oxygen atoms in total. The smallest absolute Gasteiger partial charge is 0.196 e. The van der Waals surface area contributed by atoms with E-state index in [4.69, 9.17) is 4.74 Å². The van der Waals surface area contributed by atoms with E-state index < -0.39 is 35.1 Å². The molecule has 5 heteroatoms. The number of aliphatic hydroxyl groups is 3. The van der Waals surface area contributed by atoms with Gasteiger partial charge in [0, 0.05) is 11.3 Å². The van der Waals surface area contributed by atoms with Gasteiger partial charge < -0.3 is 20.1 Å². The van der Waals surface area contributed by atoms with Gasteiger partial charge in [-0.2, -0.15) is 0 Å². The first-order valence-corrected chi connectivity index (χ1v) is 9.56. The van der Waals surface area contributed by atoms with Gasteiger partial charge in [-0.1, -0.05) is 27.7 Å². The Bertz CT molecular complexity index is 654. The fourth-order valence-corrected chi connectivity index (χ4v) is 6.53. The molecule has 2 saturated carbocycles. The van der Waals surface area contributed by atoms with Crippen molar-refractivity contribution in [2.75, 3.05) is 6.61 Å². The van der Waals surface area contributed by atoms with Gasteiger partial charge in [0.15, 0.2) is 11.4 Å². The van der Waals surface area contributed by atoms with Crippen molar-refractivity contribution in [3.8, 4) is 0 Å². The number of hydrogen-bond donors (Lipinski definition) is 3. The summed E-state index contributed by atoms with van der Waals surface area (Å²) in [5.74, 6) is -0.727. The minimum absolute atomic E-state index is 0.0753. The number of aliphatic hydroxyl groups excluding tert-OH is 2. The summed E-state index contributed by atoms with van der Waals surface area (Å²) in [6, 6.07) is 0. The monoisotopic (exact) mass is 350 g/mol. The van der Waals surface area contributed by atoms with Gasteiger partial charge in [-0.15, -0.1) is 0 Å². The first-order valence-electron chi connectivity index (χ1n) is 9.56. The van der Waals surface area contributed by atoms with E-state index in [1.54, 1.807) is 0 Å². The predicted molar refractivity (Wildman–Crippen MR) is 91.7 cm³/mol. The topological polar surface area (TPSA) is 87.0 Å². The number of rotatable bonds is 1. The molecule has 1 aliphatic heterocycles. The van der Waals surface area contributed by atoms with Crippen molar-refractivity contribution in [1.29, 1.82) is 0 Å². The van der Waals surface area contributed by atoms with Crippen LogP contribution in [0.4, 0.5) is 0 Å². The van der Waals surface area contributed by atoms with Crippen LogP contribution in [0.15, 0.2) is 11.1 Å². The number of ether oxygens (including phenoxy) is 1. The normalized spacial score (nSPS) is 52.4. The van der Waals surface area contributed by atoms with Gasteiger partial charge in [-0.25, -0.2) is 0 Å². The van der Waals surface area contributed by atoms with Crippen LogP contribution in [0.25, 0.3) is 0 Å². The molecule has 0 saturated heterocycles. The van der Waals surface area contributed by atoms with Crippen molar-refractivity contribution >= 4 is 5.78 Å². The minimum Gasteiger partial charge on any atom is -0.389 e. The molecule has 0 bridgehead atoms. The van der Waals surface area contributed by atoms with Gasteiger partial charge in [-0.3, -0.25) is 4.79 Å². The highest BCUT2D eigenvalue weighted by Gasteiger charge is 2.73. The molecular formula is C20H30O5. The second-order valence-corrected chi connectivity index (χ2v) is 9.51. The average Bonchev–Trinajstić information content (AvgIpc) is 3.04. The zero-order chi connectivity index (χ0) is 18.4. The molecule has 3 N–H and O–H groups in total. The van der Waals surface area contributed by atoms with Crippen LogP contribution < -0.4 is 0 Å². The SMILES string of the molecule is CC(C)[C@H]1[C@@H](O)C(=O)[C@@]2(O)[C@H]3OCC4=C3[C@@](C)(CC[C@@H]4O)CC[C@]12C. The zero-order valence-corrected chi connectivity index (χ0v) is 15.6. The zero-order valence-electron chi connectivity index (χ0n) is 15.6. The van der Waals surface area contributed by atoms with Crippen LogP contribution in [-0.2, 0) is 9.53 Å². The first-order chi connectivity index (χ1) is 11.6. The Morgan fingerprint density at radius 2 is 1.84 bits per heavy atom. The van der Waals surface area contributed by atoms with Crippen molar-refractivity contribution in [3.63, 3.8) is 0 Å². The number of hydrogen-bond acceptors (Lipinski definition) is 5. The summed E-state index contributed by atoms with van der Waals surface area (Å²) in [6.45, 7) is 8.40. The van der Waals surface area contributed by atoms with Gasteiger partial charge in [0.2, 0.25) is 0 Å². The van der Waals surface area contributed by atoms with Crippen molar-refractivity contribution in [3.05, 3.63) is 11.1 Å². The number of fused-ring (bicyclic) bond motifs is 2. The summed E-state index contributed by atoms with van der Waals surface area (Å²) in [5, 5.41) is 32.9. The molecule has 0 aromatic rings. The largest absolute Gasteiger partial charge is 0.389 e. The predicted octanol–water partition coefficient (Wildman–Crippen LogP) is 1.59. The maximum atomic E-state index is 13.1. The van der Waals surface area contributed by atoms with Crippen LogP contribution in [0.3, 0.4) is 0 Å². The van der Waals surface area contributed by atoms with Crippen LogP contribution in [0.1, 0.15) is 53.4 Å². The van der Waals surface area contributed by atoms with Crippen molar-refractivity contribution in [2.24, 2.45) is 22.7 Å². The summed E-state index contributed by atoms with van der Waals surface area (Å²) >= 11 is 0. The van der Waals surface area contributed by atoms with E-state index >= 15 is 0 Å². The molecule has 0 unspecified atom stereocenters. The van der Waals surface area contributed by atoms with Gasteiger partial charge in [-0.05, 0) is 48.2 Å². The molecule has 7 atom stereocenters. The van der Waals surface area contributed by atoms with E-state index in [1.165, 1.54) is 0 Å². The lowest BCUT2D eigenvalue weighted by molar-refractivity contribution is -0.168. The fourth-order valence-electron chi connectivity index (χ4n) is 6.53. The Morgan fingerprint density at radius 3 is 2.48 bits per heavy atom. The lowest BCUT2D eigenvalue weighted by Crippen LogP contribution is -2.58. The van der Waals surface area contributed by atoms with E-state index in [9.17, 15) is 20.1 Å². The number of carbonyl (C=O) groups excluding carboxylic acids is 1. The maximum absolute atomic E-state index is 13.1. The van der Waals surface area contributed by atoms with E-state index in [-0.39, 0.29) is 23.9 Å². The van der Waals surface area contributed by atoms with E-state index in [0.717, 1.165) is 24.0 Å². The molecule has 2 fully saturated rings. The summed E-state index contributed by atoms with van der Waals surface area (Å²) < 4.78 is 6.00. The van der Waals surface area contributed by atoms with E-state index in [2.05, 4.69) is 6.92 Å². The lowest BCUT2D eigenvalue weighted by atomic mass is 9.63. The summed E-state index contributed by atoms with van der Waals surface area (Å²) in [6.07, 6.45) is 0.566.